The maximum Gasteiger partial charge on any atom is 0.416 e. The van der Waals surface area contributed by atoms with Gasteiger partial charge in [0.2, 0.25) is 0 Å². The molecule has 0 amide bonds. The summed E-state index contributed by atoms with van der Waals surface area (Å²) in [5.41, 5.74) is 0.480. The van der Waals surface area contributed by atoms with Crippen molar-refractivity contribution in [3.63, 3.8) is 0 Å². The minimum absolute atomic E-state index is 0.210. The van der Waals surface area contributed by atoms with E-state index in [1.807, 2.05) is 0 Å². The van der Waals surface area contributed by atoms with E-state index in [-0.39, 0.29) is 6.54 Å². The van der Waals surface area contributed by atoms with Crippen molar-refractivity contribution in [2.24, 2.45) is 0 Å². The molecule has 0 aliphatic heterocycles. The first kappa shape index (κ1) is 11.4. The third-order valence-electron chi connectivity index (χ3n) is 1.95. The van der Waals surface area contributed by atoms with E-state index in [1.54, 1.807) is 6.92 Å². The number of alkyl halides is 3. The summed E-state index contributed by atoms with van der Waals surface area (Å²) in [6.07, 6.45) is 0.696. The molecule has 0 saturated heterocycles. The van der Waals surface area contributed by atoms with E-state index in [9.17, 15) is 13.2 Å². The van der Waals surface area contributed by atoms with E-state index in [4.69, 9.17) is 6.42 Å². The lowest BCUT2D eigenvalue weighted by atomic mass is 10.1. The smallest absolute Gasteiger partial charge is 0.374 e. The van der Waals surface area contributed by atoms with Crippen molar-refractivity contribution in [3.05, 3.63) is 29.3 Å². The molecular formula is C11H10F3N. The third-order valence-corrected chi connectivity index (χ3v) is 1.95. The number of rotatable bonds is 2. The molecular weight excluding hydrogens is 203 g/mol. The van der Waals surface area contributed by atoms with Gasteiger partial charge in [-0.05, 0) is 24.6 Å². The van der Waals surface area contributed by atoms with E-state index in [2.05, 4.69) is 11.2 Å². The van der Waals surface area contributed by atoms with E-state index >= 15 is 0 Å². The monoisotopic (exact) mass is 213 g/mol. The zero-order valence-electron chi connectivity index (χ0n) is 8.15. The van der Waals surface area contributed by atoms with Crippen LogP contribution in [0.15, 0.2) is 18.2 Å². The lowest BCUT2D eigenvalue weighted by Crippen LogP contribution is -2.07. The Morgan fingerprint density at radius 3 is 2.60 bits per heavy atom. The predicted molar refractivity (Wildman–Crippen MR) is 53.5 cm³/mol. The largest absolute Gasteiger partial charge is 0.416 e. The molecule has 1 N–H and O–H groups in total. The molecule has 0 radical (unpaired) electrons. The number of halogens is 3. The van der Waals surface area contributed by atoms with Crippen molar-refractivity contribution in [1.82, 2.24) is 0 Å². The first-order valence-corrected chi connectivity index (χ1v) is 4.30. The highest BCUT2D eigenvalue weighted by molar-refractivity contribution is 5.53. The Hall–Kier alpha value is -1.63. The average Bonchev–Trinajstić information content (AvgIpc) is 2.15. The Balaban J connectivity index is 3.01. The average molecular weight is 213 g/mol. The Labute approximate surface area is 86.3 Å². The second kappa shape index (κ2) is 4.26. The molecule has 0 heterocycles. The molecule has 0 bridgehead atoms. The van der Waals surface area contributed by atoms with Crippen molar-refractivity contribution in [3.8, 4) is 12.3 Å². The number of nitrogens with one attached hydrogen (secondary N) is 1. The van der Waals surface area contributed by atoms with Crippen LogP contribution in [0.5, 0.6) is 0 Å². The van der Waals surface area contributed by atoms with Crippen LogP contribution in [0.3, 0.4) is 0 Å². The molecule has 1 rings (SSSR count). The highest BCUT2D eigenvalue weighted by atomic mass is 19.4. The van der Waals surface area contributed by atoms with E-state index in [0.717, 1.165) is 17.7 Å². The molecule has 0 aliphatic rings. The van der Waals surface area contributed by atoms with Gasteiger partial charge >= 0.3 is 6.18 Å². The number of terminal acetylenes is 1. The molecule has 0 atom stereocenters. The molecule has 80 valence electrons. The van der Waals surface area contributed by atoms with Gasteiger partial charge in [0.15, 0.2) is 0 Å². The lowest BCUT2D eigenvalue weighted by Gasteiger charge is -2.11. The predicted octanol–water partition coefficient (Wildman–Crippen LogP) is 3.06. The van der Waals surface area contributed by atoms with Crippen LogP contribution in [0.2, 0.25) is 0 Å². The molecule has 4 heteroatoms. The fourth-order valence-electron chi connectivity index (χ4n) is 1.14. The topological polar surface area (TPSA) is 12.0 Å². The first-order valence-electron chi connectivity index (χ1n) is 4.30. The van der Waals surface area contributed by atoms with Gasteiger partial charge in [-0.1, -0.05) is 12.0 Å². The third kappa shape index (κ3) is 2.91. The van der Waals surface area contributed by atoms with Crippen molar-refractivity contribution in [2.45, 2.75) is 13.1 Å². The van der Waals surface area contributed by atoms with Crippen LogP contribution in [0.1, 0.15) is 11.1 Å². The van der Waals surface area contributed by atoms with Gasteiger partial charge in [0.1, 0.15) is 0 Å². The number of hydrogen-bond donors (Lipinski definition) is 1. The maximum atomic E-state index is 12.4. The van der Waals surface area contributed by atoms with Crippen LogP contribution in [0.4, 0.5) is 18.9 Å². The Morgan fingerprint density at radius 1 is 1.40 bits per heavy atom. The molecule has 0 aromatic heterocycles. The summed E-state index contributed by atoms with van der Waals surface area (Å²) in [5.74, 6) is 2.31. The van der Waals surface area contributed by atoms with Gasteiger partial charge < -0.3 is 5.32 Å². The summed E-state index contributed by atoms with van der Waals surface area (Å²) in [7, 11) is 0. The Bertz CT molecular complexity index is 388. The number of aryl methyl sites for hydroxylation is 1. The number of hydrogen-bond acceptors (Lipinski definition) is 1. The molecule has 0 saturated carbocycles. The fraction of sp³-hybridized carbons (Fsp3) is 0.273. The Kier molecular flexibility index (Phi) is 3.25. The molecule has 0 unspecified atom stereocenters. The van der Waals surface area contributed by atoms with Crippen LogP contribution in [0.25, 0.3) is 0 Å². The van der Waals surface area contributed by atoms with E-state index in [0.29, 0.717) is 5.69 Å². The molecule has 0 aliphatic carbocycles. The highest BCUT2D eigenvalue weighted by Crippen LogP contribution is 2.31. The SMILES string of the molecule is C#CCNc1cc(C(F)(F)F)ccc1C. The van der Waals surface area contributed by atoms with Gasteiger partial charge in [0, 0.05) is 5.69 Å². The van der Waals surface area contributed by atoms with Crippen LogP contribution < -0.4 is 5.32 Å². The quantitative estimate of drug-likeness (QED) is 0.744. The lowest BCUT2D eigenvalue weighted by molar-refractivity contribution is -0.137. The summed E-state index contributed by atoms with van der Waals surface area (Å²) in [6, 6.07) is 3.53. The molecule has 0 fully saturated rings. The minimum Gasteiger partial charge on any atom is -0.374 e. The molecule has 1 aromatic carbocycles. The molecule has 0 spiro atoms. The van der Waals surface area contributed by atoms with Gasteiger partial charge in [0.05, 0.1) is 12.1 Å². The maximum absolute atomic E-state index is 12.4. The normalized spacial score (nSPS) is 10.9. The molecule has 1 aromatic rings. The summed E-state index contributed by atoms with van der Waals surface area (Å²) in [4.78, 5) is 0. The summed E-state index contributed by atoms with van der Waals surface area (Å²) in [6.45, 7) is 1.93. The second-order valence-electron chi connectivity index (χ2n) is 3.09. The minimum atomic E-state index is -4.32. The van der Waals surface area contributed by atoms with Crippen molar-refractivity contribution in [1.29, 1.82) is 0 Å². The van der Waals surface area contributed by atoms with Gasteiger partial charge in [0.25, 0.3) is 0 Å². The highest BCUT2D eigenvalue weighted by Gasteiger charge is 2.30. The van der Waals surface area contributed by atoms with Crippen LogP contribution in [0, 0.1) is 19.3 Å². The summed E-state index contributed by atoms with van der Waals surface area (Å²) in [5, 5.41) is 2.74. The Morgan fingerprint density at radius 2 is 2.07 bits per heavy atom. The van der Waals surface area contributed by atoms with Crippen LogP contribution in [-0.4, -0.2) is 6.54 Å². The van der Waals surface area contributed by atoms with Gasteiger partial charge in [-0.2, -0.15) is 13.2 Å². The fourth-order valence-corrected chi connectivity index (χ4v) is 1.14. The van der Waals surface area contributed by atoms with Crippen molar-refractivity contribution < 1.29 is 13.2 Å². The molecule has 1 nitrogen and oxygen atoms in total. The van der Waals surface area contributed by atoms with E-state index in [1.165, 1.54) is 6.07 Å². The standard InChI is InChI=1S/C11H10F3N/c1-3-6-15-10-7-9(11(12,13)14)5-4-8(10)2/h1,4-5,7,15H,6H2,2H3. The van der Waals surface area contributed by atoms with E-state index < -0.39 is 11.7 Å². The van der Waals surface area contributed by atoms with Crippen LogP contribution in [-0.2, 0) is 6.18 Å². The second-order valence-corrected chi connectivity index (χ2v) is 3.09. The van der Waals surface area contributed by atoms with Crippen molar-refractivity contribution in [2.75, 3.05) is 11.9 Å². The van der Waals surface area contributed by atoms with Gasteiger partial charge in [-0.15, -0.1) is 6.42 Å². The van der Waals surface area contributed by atoms with Crippen molar-refractivity contribution >= 4 is 5.69 Å². The zero-order valence-corrected chi connectivity index (χ0v) is 8.15. The first-order chi connectivity index (χ1) is 6.95. The van der Waals surface area contributed by atoms with Crippen LogP contribution >= 0.6 is 0 Å². The van der Waals surface area contributed by atoms with Gasteiger partial charge in [-0.25, -0.2) is 0 Å². The zero-order chi connectivity index (χ0) is 11.5. The number of anilines is 1. The summed E-state index contributed by atoms with van der Waals surface area (Å²) < 4.78 is 37.1. The number of benzene rings is 1. The van der Waals surface area contributed by atoms with Gasteiger partial charge in [-0.3, -0.25) is 0 Å². The molecule has 15 heavy (non-hydrogen) atoms. The summed E-state index contributed by atoms with van der Waals surface area (Å²) >= 11 is 0.